The van der Waals surface area contributed by atoms with Crippen molar-refractivity contribution in [2.45, 2.75) is 40.2 Å². The Kier molecular flexibility index (Phi) is 5.21. The molecule has 0 fully saturated rings. The van der Waals surface area contributed by atoms with Crippen LogP contribution in [-0.4, -0.2) is 12.0 Å². The van der Waals surface area contributed by atoms with Gasteiger partial charge >= 0.3 is 0 Å². The summed E-state index contributed by atoms with van der Waals surface area (Å²) in [4.78, 5) is 12.3. The van der Waals surface area contributed by atoms with Crippen molar-refractivity contribution in [3.8, 4) is 5.75 Å². The Labute approximate surface area is 132 Å². The van der Waals surface area contributed by atoms with Crippen LogP contribution < -0.4 is 10.1 Å². The summed E-state index contributed by atoms with van der Waals surface area (Å²) >= 11 is 0. The fourth-order valence-electron chi connectivity index (χ4n) is 2.18. The molecule has 3 nitrogen and oxygen atoms in total. The van der Waals surface area contributed by atoms with Gasteiger partial charge in [0, 0.05) is 5.69 Å². The van der Waals surface area contributed by atoms with Gasteiger partial charge in [0.1, 0.15) is 5.75 Å². The Morgan fingerprint density at radius 2 is 1.82 bits per heavy atom. The first-order valence-corrected chi connectivity index (χ1v) is 7.64. The molecule has 1 atom stereocenters. The van der Waals surface area contributed by atoms with Crippen molar-refractivity contribution in [1.82, 2.24) is 0 Å². The van der Waals surface area contributed by atoms with E-state index in [-0.39, 0.29) is 5.91 Å². The maximum Gasteiger partial charge on any atom is 0.265 e. The zero-order valence-corrected chi connectivity index (χ0v) is 13.6. The minimum Gasteiger partial charge on any atom is -0.481 e. The number of nitrogens with one attached hydrogen (secondary N) is 1. The second-order valence-corrected chi connectivity index (χ2v) is 5.49. The number of carbonyl (C=O) groups excluding carboxylic acids is 1. The molecule has 2 aromatic rings. The second-order valence-electron chi connectivity index (χ2n) is 5.49. The SMILES string of the molecule is CCc1ccc(O[C@H](C)C(=O)Nc2cccc(C)c2C)cc1. The van der Waals surface area contributed by atoms with Crippen LogP contribution in [0.25, 0.3) is 0 Å². The van der Waals surface area contributed by atoms with E-state index in [1.165, 1.54) is 5.56 Å². The van der Waals surface area contributed by atoms with Gasteiger partial charge in [-0.25, -0.2) is 0 Å². The molecule has 0 bridgehead atoms. The molecule has 2 rings (SSSR count). The first kappa shape index (κ1) is 16.1. The van der Waals surface area contributed by atoms with Gasteiger partial charge in [0.2, 0.25) is 0 Å². The van der Waals surface area contributed by atoms with Gasteiger partial charge in [-0.3, -0.25) is 4.79 Å². The lowest BCUT2D eigenvalue weighted by molar-refractivity contribution is -0.122. The van der Waals surface area contributed by atoms with Crippen molar-refractivity contribution in [3.05, 3.63) is 59.2 Å². The Hall–Kier alpha value is -2.29. The summed E-state index contributed by atoms with van der Waals surface area (Å²) in [7, 11) is 0. The van der Waals surface area contributed by atoms with Crippen LogP contribution in [0, 0.1) is 13.8 Å². The van der Waals surface area contributed by atoms with Gasteiger partial charge < -0.3 is 10.1 Å². The average Bonchev–Trinajstić information content (AvgIpc) is 2.52. The molecule has 0 saturated carbocycles. The molecule has 116 valence electrons. The molecule has 0 aromatic heterocycles. The van der Waals surface area contributed by atoms with E-state index in [1.807, 2.05) is 56.3 Å². The van der Waals surface area contributed by atoms with Crippen LogP contribution in [0.15, 0.2) is 42.5 Å². The maximum absolute atomic E-state index is 12.3. The highest BCUT2D eigenvalue weighted by Crippen LogP contribution is 2.19. The molecule has 0 radical (unpaired) electrons. The number of amides is 1. The Bertz CT molecular complexity index is 647. The van der Waals surface area contributed by atoms with E-state index in [4.69, 9.17) is 4.74 Å². The highest BCUT2D eigenvalue weighted by molar-refractivity contribution is 5.94. The Morgan fingerprint density at radius 1 is 1.14 bits per heavy atom. The molecule has 0 spiro atoms. The summed E-state index contributed by atoms with van der Waals surface area (Å²) in [5.74, 6) is 0.564. The molecule has 22 heavy (non-hydrogen) atoms. The highest BCUT2D eigenvalue weighted by atomic mass is 16.5. The minimum absolute atomic E-state index is 0.145. The maximum atomic E-state index is 12.3. The van der Waals surface area contributed by atoms with E-state index < -0.39 is 6.10 Å². The summed E-state index contributed by atoms with van der Waals surface area (Å²) in [6, 6.07) is 13.7. The smallest absolute Gasteiger partial charge is 0.265 e. The third-order valence-corrected chi connectivity index (χ3v) is 3.88. The molecular formula is C19H23NO2. The van der Waals surface area contributed by atoms with Gasteiger partial charge in [-0.2, -0.15) is 0 Å². The van der Waals surface area contributed by atoms with E-state index in [9.17, 15) is 4.79 Å². The first-order chi connectivity index (χ1) is 10.5. The van der Waals surface area contributed by atoms with Gasteiger partial charge in [-0.15, -0.1) is 0 Å². The van der Waals surface area contributed by atoms with Crippen LogP contribution in [0.3, 0.4) is 0 Å². The third kappa shape index (κ3) is 3.88. The van der Waals surface area contributed by atoms with Gasteiger partial charge in [0.25, 0.3) is 5.91 Å². The zero-order chi connectivity index (χ0) is 16.1. The Morgan fingerprint density at radius 3 is 2.45 bits per heavy atom. The van der Waals surface area contributed by atoms with E-state index >= 15 is 0 Å². The van der Waals surface area contributed by atoms with Gasteiger partial charge in [-0.1, -0.05) is 31.2 Å². The number of benzene rings is 2. The van der Waals surface area contributed by atoms with Crippen LogP contribution in [0.5, 0.6) is 5.75 Å². The first-order valence-electron chi connectivity index (χ1n) is 7.64. The van der Waals surface area contributed by atoms with Gasteiger partial charge in [0.05, 0.1) is 0 Å². The number of hydrogen-bond donors (Lipinski definition) is 1. The summed E-state index contributed by atoms with van der Waals surface area (Å²) in [6.45, 7) is 7.89. The summed E-state index contributed by atoms with van der Waals surface area (Å²) in [5.41, 5.74) is 4.32. The van der Waals surface area contributed by atoms with Crippen LogP contribution in [-0.2, 0) is 11.2 Å². The molecule has 0 unspecified atom stereocenters. The predicted molar refractivity (Wildman–Crippen MR) is 90.5 cm³/mol. The van der Waals surface area contributed by atoms with Crippen molar-refractivity contribution >= 4 is 11.6 Å². The topological polar surface area (TPSA) is 38.3 Å². The molecule has 0 saturated heterocycles. The number of aryl methyl sites for hydroxylation is 2. The number of anilines is 1. The van der Waals surface area contributed by atoms with E-state index in [2.05, 4.69) is 12.2 Å². The standard InChI is InChI=1S/C19H23NO2/c1-5-16-9-11-17(12-10-16)22-15(4)19(21)20-18-8-6-7-13(2)14(18)3/h6-12,15H,5H2,1-4H3,(H,20,21)/t15-/m1/s1. The van der Waals surface area contributed by atoms with E-state index in [0.29, 0.717) is 5.75 Å². The molecule has 1 amide bonds. The molecule has 1 N–H and O–H groups in total. The lowest BCUT2D eigenvalue weighted by Crippen LogP contribution is -2.30. The molecule has 0 aliphatic heterocycles. The summed E-state index contributed by atoms with van der Waals surface area (Å²) < 4.78 is 5.71. The molecule has 2 aromatic carbocycles. The van der Waals surface area contributed by atoms with Crippen molar-refractivity contribution in [2.24, 2.45) is 0 Å². The lowest BCUT2D eigenvalue weighted by atomic mass is 10.1. The molecule has 0 aliphatic carbocycles. The number of rotatable bonds is 5. The third-order valence-electron chi connectivity index (χ3n) is 3.88. The summed E-state index contributed by atoms with van der Waals surface area (Å²) in [6.07, 6.45) is 0.440. The predicted octanol–water partition coefficient (Wildman–Crippen LogP) is 4.27. The second kappa shape index (κ2) is 7.12. The van der Waals surface area contributed by atoms with Crippen molar-refractivity contribution in [1.29, 1.82) is 0 Å². The van der Waals surface area contributed by atoms with Crippen molar-refractivity contribution < 1.29 is 9.53 Å². The van der Waals surface area contributed by atoms with Gasteiger partial charge in [-0.05, 0) is 62.1 Å². The van der Waals surface area contributed by atoms with Crippen molar-refractivity contribution in [2.75, 3.05) is 5.32 Å². The largest absolute Gasteiger partial charge is 0.481 e. The number of carbonyl (C=O) groups is 1. The molecule has 3 heteroatoms. The van der Waals surface area contributed by atoms with E-state index in [1.54, 1.807) is 6.92 Å². The van der Waals surface area contributed by atoms with Crippen LogP contribution in [0.2, 0.25) is 0 Å². The normalized spacial score (nSPS) is 11.8. The van der Waals surface area contributed by atoms with Gasteiger partial charge in [0.15, 0.2) is 6.10 Å². The lowest BCUT2D eigenvalue weighted by Gasteiger charge is -2.16. The van der Waals surface area contributed by atoms with Crippen LogP contribution in [0.1, 0.15) is 30.5 Å². The Balaban J connectivity index is 2.01. The van der Waals surface area contributed by atoms with E-state index in [0.717, 1.165) is 23.2 Å². The fourth-order valence-corrected chi connectivity index (χ4v) is 2.18. The summed E-state index contributed by atoms with van der Waals surface area (Å²) in [5, 5.41) is 2.93. The van der Waals surface area contributed by atoms with Crippen LogP contribution >= 0.6 is 0 Å². The number of ether oxygens (including phenoxy) is 1. The quantitative estimate of drug-likeness (QED) is 0.895. The zero-order valence-electron chi connectivity index (χ0n) is 13.6. The minimum atomic E-state index is -0.549. The molecule has 0 heterocycles. The van der Waals surface area contributed by atoms with Crippen molar-refractivity contribution in [3.63, 3.8) is 0 Å². The highest BCUT2D eigenvalue weighted by Gasteiger charge is 2.16. The monoisotopic (exact) mass is 297 g/mol. The number of hydrogen-bond acceptors (Lipinski definition) is 2. The molecule has 0 aliphatic rings. The fraction of sp³-hybridized carbons (Fsp3) is 0.316. The van der Waals surface area contributed by atoms with Crippen LogP contribution in [0.4, 0.5) is 5.69 Å². The molecular weight excluding hydrogens is 274 g/mol. The average molecular weight is 297 g/mol.